The van der Waals surface area contributed by atoms with Crippen molar-refractivity contribution >= 4 is 23.8 Å². The Balaban J connectivity index is 3.28. The third-order valence-corrected chi connectivity index (χ3v) is 0.727. The molecule has 0 saturated carbocycles. The Labute approximate surface area is 58.0 Å². The summed E-state index contributed by atoms with van der Waals surface area (Å²) in [6.45, 7) is -0.101. The number of alkyl carbamates (subject to hydrolysis) is 1. The lowest BCUT2D eigenvalue weighted by Gasteiger charge is -1.97. The van der Waals surface area contributed by atoms with E-state index in [0.29, 0.717) is 0 Å². The van der Waals surface area contributed by atoms with Gasteiger partial charge in [-0.15, -0.1) is 12.6 Å². The number of ether oxygens (including phenoxy) is 1. The Morgan fingerprint density at radius 3 is 2.56 bits per heavy atom. The van der Waals surface area contributed by atoms with E-state index in [0.717, 1.165) is 0 Å². The number of thiol groups is 1. The summed E-state index contributed by atoms with van der Waals surface area (Å²) in [7, 11) is 1.22. The molecular weight excluding hydrogens is 142 g/mol. The van der Waals surface area contributed by atoms with Crippen LogP contribution < -0.4 is 5.32 Å². The largest absolute Gasteiger partial charge is 0.453 e. The highest BCUT2D eigenvalue weighted by Crippen LogP contribution is 1.75. The molecule has 4 nitrogen and oxygen atoms in total. The minimum atomic E-state index is -0.627. The van der Waals surface area contributed by atoms with Gasteiger partial charge in [0.2, 0.25) is 5.12 Å². The molecule has 1 amide bonds. The predicted octanol–water partition coefficient (Wildman–Crippen LogP) is -0.201. The van der Waals surface area contributed by atoms with Gasteiger partial charge in [0.05, 0.1) is 13.7 Å². The summed E-state index contributed by atoms with van der Waals surface area (Å²) in [5, 5.41) is 1.74. The zero-order valence-electron chi connectivity index (χ0n) is 4.88. The van der Waals surface area contributed by atoms with Gasteiger partial charge in [-0.3, -0.25) is 4.79 Å². The molecule has 9 heavy (non-hydrogen) atoms. The number of carbonyl (C=O) groups excluding carboxylic acids is 2. The highest BCUT2D eigenvalue weighted by molar-refractivity contribution is 7.96. The standard InChI is InChI=1S/C4H7NO3S/c1-8-4(7)5-2-3(6)9/h2H2,1H3,(H,5,7)(H,6,9). The van der Waals surface area contributed by atoms with E-state index in [2.05, 4.69) is 22.7 Å². The average Bonchev–Trinajstić information content (AvgIpc) is 1.83. The molecule has 0 radical (unpaired) electrons. The van der Waals surface area contributed by atoms with Gasteiger partial charge in [0.15, 0.2) is 0 Å². The van der Waals surface area contributed by atoms with Crippen molar-refractivity contribution in [3.8, 4) is 0 Å². The highest BCUT2D eigenvalue weighted by atomic mass is 32.1. The second-order valence-electron chi connectivity index (χ2n) is 1.24. The van der Waals surface area contributed by atoms with Gasteiger partial charge in [-0.25, -0.2) is 4.79 Å². The van der Waals surface area contributed by atoms with Gasteiger partial charge >= 0.3 is 6.09 Å². The molecule has 0 aliphatic rings. The quantitative estimate of drug-likeness (QED) is 0.534. The summed E-state index contributed by atoms with van der Waals surface area (Å²) >= 11 is 3.40. The molecular formula is C4H7NO3S. The minimum absolute atomic E-state index is 0.101. The fourth-order valence-corrected chi connectivity index (χ4v) is 0.299. The van der Waals surface area contributed by atoms with Gasteiger partial charge < -0.3 is 10.1 Å². The predicted molar refractivity (Wildman–Crippen MR) is 34.4 cm³/mol. The molecule has 0 bridgehead atoms. The molecule has 0 rings (SSSR count). The molecule has 0 aliphatic carbocycles. The first-order valence-corrected chi connectivity index (χ1v) is 2.65. The normalized spacial score (nSPS) is 8.22. The smallest absolute Gasteiger partial charge is 0.407 e. The van der Waals surface area contributed by atoms with E-state index >= 15 is 0 Å². The van der Waals surface area contributed by atoms with Crippen LogP contribution in [0.15, 0.2) is 0 Å². The van der Waals surface area contributed by atoms with Crippen molar-refractivity contribution in [2.75, 3.05) is 13.7 Å². The number of amides is 1. The van der Waals surface area contributed by atoms with Crippen LogP contribution in [0.3, 0.4) is 0 Å². The Morgan fingerprint density at radius 2 is 2.22 bits per heavy atom. The third-order valence-electron chi connectivity index (χ3n) is 0.569. The van der Waals surface area contributed by atoms with Crippen LogP contribution in [-0.2, 0) is 9.53 Å². The lowest BCUT2D eigenvalue weighted by atomic mass is 10.7. The molecule has 52 valence electrons. The summed E-state index contributed by atoms with van der Waals surface area (Å²) in [5.41, 5.74) is 0. The SMILES string of the molecule is COC(=O)NCC(=O)S. The Bertz CT molecular complexity index is 125. The first-order chi connectivity index (χ1) is 4.16. The average molecular weight is 149 g/mol. The molecule has 0 aromatic rings. The molecule has 0 heterocycles. The van der Waals surface area contributed by atoms with Gasteiger partial charge in [-0.05, 0) is 0 Å². The molecule has 0 aromatic heterocycles. The first-order valence-electron chi connectivity index (χ1n) is 2.20. The van der Waals surface area contributed by atoms with Crippen LogP contribution >= 0.6 is 12.6 Å². The van der Waals surface area contributed by atoms with Gasteiger partial charge in [0.1, 0.15) is 0 Å². The molecule has 1 N–H and O–H groups in total. The van der Waals surface area contributed by atoms with Crippen LogP contribution in [-0.4, -0.2) is 24.9 Å². The lowest BCUT2D eigenvalue weighted by Crippen LogP contribution is -2.27. The number of carbonyl (C=O) groups is 2. The van der Waals surface area contributed by atoms with E-state index in [-0.39, 0.29) is 6.54 Å². The molecule has 0 spiro atoms. The van der Waals surface area contributed by atoms with Crippen molar-refractivity contribution in [3.63, 3.8) is 0 Å². The van der Waals surface area contributed by atoms with Crippen LogP contribution in [0.1, 0.15) is 0 Å². The summed E-state index contributed by atoms with van der Waals surface area (Å²) in [5.74, 6) is 0. The van der Waals surface area contributed by atoms with Crippen molar-refractivity contribution in [2.24, 2.45) is 0 Å². The number of nitrogens with one attached hydrogen (secondary N) is 1. The minimum Gasteiger partial charge on any atom is -0.453 e. The number of hydrogen-bond acceptors (Lipinski definition) is 3. The maximum Gasteiger partial charge on any atom is 0.407 e. The molecule has 0 aromatic carbocycles. The summed E-state index contributed by atoms with van der Waals surface area (Å²) < 4.78 is 4.16. The van der Waals surface area contributed by atoms with Crippen LogP contribution in [0.4, 0.5) is 4.79 Å². The Hall–Kier alpha value is -0.710. The van der Waals surface area contributed by atoms with Crippen LogP contribution in [0.25, 0.3) is 0 Å². The first kappa shape index (κ1) is 8.29. The molecule has 0 saturated heterocycles. The fraction of sp³-hybridized carbons (Fsp3) is 0.500. The molecule has 0 aliphatic heterocycles. The Morgan fingerprint density at radius 1 is 1.67 bits per heavy atom. The van der Waals surface area contributed by atoms with Crippen LogP contribution in [0.2, 0.25) is 0 Å². The third kappa shape index (κ3) is 5.16. The highest BCUT2D eigenvalue weighted by Gasteiger charge is 1.98. The maximum atomic E-state index is 10.2. The van der Waals surface area contributed by atoms with Crippen molar-refractivity contribution in [2.45, 2.75) is 0 Å². The van der Waals surface area contributed by atoms with E-state index in [1.54, 1.807) is 0 Å². The molecule has 0 fully saturated rings. The van der Waals surface area contributed by atoms with E-state index in [9.17, 15) is 9.59 Å². The fourth-order valence-electron chi connectivity index (χ4n) is 0.220. The Kier molecular flexibility index (Phi) is 3.87. The monoisotopic (exact) mass is 149 g/mol. The van der Waals surface area contributed by atoms with Gasteiger partial charge in [-0.1, -0.05) is 0 Å². The number of rotatable bonds is 2. The van der Waals surface area contributed by atoms with Gasteiger partial charge in [0, 0.05) is 0 Å². The maximum absolute atomic E-state index is 10.2. The van der Waals surface area contributed by atoms with E-state index < -0.39 is 11.2 Å². The van der Waals surface area contributed by atoms with Crippen molar-refractivity contribution in [3.05, 3.63) is 0 Å². The number of methoxy groups -OCH3 is 1. The van der Waals surface area contributed by atoms with Crippen molar-refractivity contribution in [1.82, 2.24) is 5.32 Å². The number of hydrogen-bond donors (Lipinski definition) is 2. The van der Waals surface area contributed by atoms with Crippen LogP contribution in [0.5, 0.6) is 0 Å². The summed E-state index contributed by atoms with van der Waals surface area (Å²) in [6.07, 6.45) is -0.627. The van der Waals surface area contributed by atoms with Crippen molar-refractivity contribution in [1.29, 1.82) is 0 Å². The van der Waals surface area contributed by atoms with Crippen molar-refractivity contribution < 1.29 is 14.3 Å². The molecule has 0 unspecified atom stereocenters. The van der Waals surface area contributed by atoms with Gasteiger partial charge in [-0.2, -0.15) is 0 Å². The zero-order chi connectivity index (χ0) is 7.28. The van der Waals surface area contributed by atoms with E-state index in [1.807, 2.05) is 0 Å². The zero-order valence-corrected chi connectivity index (χ0v) is 5.77. The van der Waals surface area contributed by atoms with Crippen LogP contribution in [0, 0.1) is 0 Å². The topological polar surface area (TPSA) is 55.4 Å². The second-order valence-corrected chi connectivity index (χ2v) is 1.74. The van der Waals surface area contributed by atoms with E-state index in [1.165, 1.54) is 7.11 Å². The second kappa shape index (κ2) is 4.20. The summed E-state index contributed by atoms with van der Waals surface area (Å²) in [6, 6.07) is 0. The molecule has 5 heteroatoms. The lowest BCUT2D eigenvalue weighted by molar-refractivity contribution is -0.110. The van der Waals surface area contributed by atoms with E-state index in [4.69, 9.17) is 0 Å². The van der Waals surface area contributed by atoms with Gasteiger partial charge in [0.25, 0.3) is 0 Å². The summed E-state index contributed by atoms with van der Waals surface area (Å²) in [4.78, 5) is 20.3. The molecule has 0 atom stereocenters.